The van der Waals surface area contributed by atoms with Crippen LogP contribution < -0.4 is 4.74 Å². The summed E-state index contributed by atoms with van der Waals surface area (Å²) in [7, 11) is 1.68. The highest BCUT2D eigenvalue weighted by molar-refractivity contribution is 6.16. The van der Waals surface area contributed by atoms with Gasteiger partial charge in [0, 0.05) is 12.1 Å². The zero-order valence-electron chi connectivity index (χ0n) is 11.1. The van der Waals surface area contributed by atoms with E-state index in [0.29, 0.717) is 11.9 Å². The monoisotopic (exact) mass is 266 g/mol. The first-order valence-electron chi connectivity index (χ1n) is 6.32. The van der Waals surface area contributed by atoms with Gasteiger partial charge in [-0.15, -0.1) is 11.6 Å². The highest BCUT2D eigenvalue weighted by atomic mass is 35.5. The molecule has 1 atom stereocenters. The lowest BCUT2D eigenvalue weighted by molar-refractivity contribution is 0.415. The second-order valence-electron chi connectivity index (χ2n) is 4.52. The molecule has 0 fully saturated rings. The predicted molar refractivity (Wildman–Crippen MR) is 75.5 cm³/mol. The van der Waals surface area contributed by atoms with Crippen molar-refractivity contribution in [2.45, 2.75) is 38.6 Å². The highest BCUT2D eigenvalue weighted by Crippen LogP contribution is 2.27. The van der Waals surface area contributed by atoms with E-state index in [1.165, 1.54) is 0 Å². The van der Waals surface area contributed by atoms with Crippen molar-refractivity contribution in [3.63, 3.8) is 0 Å². The van der Waals surface area contributed by atoms with Gasteiger partial charge >= 0.3 is 0 Å². The SMILES string of the molecule is CCCC(C)n1c(CCl)nc2ccc(OC)cc21. The number of rotatable bonds is 5. The van der Waals surface area contributed by atoms with Crippen LogP contribution in [0.4, 0.5) is 0 Å². The minimum absolute atomic E-state index is 0.404. The van der Waals surface area contributed by atoms with Crippen molar-refractivity contribution in [2.24, 2.45) is 0 Å². The number of halogens is 1. The third-order valence-corrected chi connectivity index (χ3v) is 3.48. The quantitative estimate of drug-likeness (QED) is 0.761. The first-order valence-corrected chi connectivity index (χ1v) is 6.85. The summed E-state index contributed by atoms with van der Waals surface area (Å²) < 4.78 is 7.52. The van der Waals surface area contributed by atoms with Crippen LogP contribution in [-0.2, 0) is 5.88 Å². The van der Waals surface area contributed by atoms with E-state index in [4.69, 9.17) is 16.3 Å². The third kappa shape index (κ3) is 2.32. The molecule has 0 saturated heterocycles. The number of imidazole rings is 1. The van der Waals surface area contributed by atoms with Gasteiger partial charge in [0.1, 0.15) is 11.6 Å². The third-order valence-electron chi connectivity index (χ3n) is 3.24. The number of ether oxygens (including phenoxy) is 1. The van der Waals surface area contributed by atoms with Gasteiger partial charge in [0.25, 0.3) is 0 Å². The van der Waals surface area contributed by atoms with Crippen molar-refractivity contribution in [3.8, 4) is 5.75 Å². The molecule has 0 aliphatic carbocycles. The lowest BCUT2D eigenvalue weighted by Crippen LogP contribution is -2.08. The fraction of sp³-hybridized carbons (Fsp3) is 0.500. The number of methoxy groups -OCH3 is 1. The van der Waals surface area contributed by atoms with E-state index in [9.17, 15) is 0 Å². The highest BCUT2D eigenvalue weighted by Gasteiger charge is 2.15. The summed E-state index contributed by atoms with van der Waals surface area (Å²) in [4.78, 5) is 4.59. The van der Waals surface area contributed by atoms with E-state index >= 15 is 0 Å². The van der Waals surface area contributed by atoms with E-state index < -0.39 is 0 Å². The fourth-order valence-electron chi connectivity index (χ4n) is 2.38. The van der Waals surface area contributed by atoms with Gasteiger partial charge in [-0.1, -0.05) is 13.3 Å². The van der Waals surface area contributed by atoms with E-state index in [0.717, 1.165) is 35.4 Å². The molecule has 4 heteroatoms. The summed E-state index contributed by atoms with van der Waals surface area (Å²) in [6.07, 6.45) is 2.26. The number of benzene rings is 1. The average molecular weight is 267 g/mol. The van der Waals surface area contributed by atoms with E-state index in [1.54, 1.807) is 7.11 Å². The molecule has 98 valence electrons. The van der Waals surface area contributed by atoms with Gasteiger partial charge in [-0.2, -0.15) is 0 Å². The summed E-state index contributed by atoms with van der Waals surface area (Å²) in [5.74, 6) is 2.22. The Labute approximate surface area is 113 Å². The molecule has 0 spiro atoms. The minimum Gasteiger partial charge on any atom is -0.497 e. The Bertz CT molecular complexity index is 536. The zero-order valence-corrected chi connectivity index (χ0v) is 11.9. The van der Waals surface area contributed by atoms with Gasteiger partial charge in [0.15, 0.2) is 0 Å². The molecule has 0 amide bonds. The Hall–Kier alpha value is -1.22. The van der Waals surface area contributed by atoms with Crippen LogP contribution in [0.3, 0.4) is 0 Å². The van der Waals surface area contributed by atoms with Gasteiger partial charge in [-0.25, -0.2) is 4.98 Å². The molecule has 0 saturated carbocycles. The molecular formula is C14H19ClN2O. The molecule has 0 bridgehead atoms. The van der Waals surface area contributed by atoms with Crippen LogP contribution in [0, 0.1) is 0 Å². The van der Waals surface area contributed by atoms with Crippen LogP contribution in [0.2, 0.25) is 0 Å². The van der Waals surface area contributed by atoms with Crippen LogP contribution in [-0.4, -0.2) is 16.7 Å². The average Bonchev–Trinajstić information content (AvgIpc) is 2.76. The van der Waals surface area contributed by atoms with Crippen LogP contribution >= 0.6 is 11.6 Å². The van der Waals surface area contributed by atoms with Gasteiger partial charge in [0.05, 0.1) is 24.0 Å². The molecule has 1 aromatic heterocycles. The predicted octanol–water partition coefficient (Wildman–Crippen LogP) is 4.14. The normalized spacial score (nSPS) is 12.9. The Kier molecular flexibility index (Phi) is 4.12. The van der Waals surface area contributed by atoms with Crippen molar-refractivity contribution in [2.75, 3.05) is 7.11 Å². The molecule has 2 rings (SSSR count). The second kappa shape index (κ2) is 5.61. The first-order chi connectivity index (χ1) is 8.71. The molecule has 1 unspecified atom stereocenters. The zero-order chi connectivity index (χ0) is 13.1. The van der Waals surface area contributed by atoms with Crippen molar-refractivity contribution in [1.82, 2.24) is 9.55 Å². The molecule has 0 radical (unpaired) electrons. The Morgan fingerprint density at radius 1 is 1.44 bits per heavy atom. The Balaban J connectivity index is 2.58. The van der Waals surface area contributed by atoms with Gasteiger partial charge in [-0.3, -0.25) is 0 Å². The second-order valence-corrected chi connectivity index (χ2v) is 4.79. The molecular weight excluding hydrogens is 248 g/mol. The van der Waals surface area contributed by atoms with Crippen molar-refractivity contribution in [1.29, 1.82) is 0 Å². The number of alkyl halides is 1. The lowest BCUT2D eigenvalue weighted by atomic mass is 10.2. The number of hydrogen-bond donors (Lipinski definition) is 0. The first kappa shape index (κ1) is 13.2. The van der Waals surface area contributed by atoms with Crippen LogP contribution in [0.15, 0.2) is 18.2 Å². The number of fused-ring (bicyclic) bond motifs is 1. The topological polar surface area (TPSA) is 27.1 Å². The minimum atomic E-state index is 0.404. The Morgan fingerprint density at radius 2 is 2.22 bits per heavy atom. The molecule has 0 aliphatic rings. The van der Waals surface area contributed by atoms with Crippen LogP contribution in [0.1, 0.15) is 38.6 Å². The number of hydrogen-bond acceptors (Lipinski definition) is 2. The summed E-state index contributed by atoms with van der Waals surface area (Å²) in [6, 6.07) is 6.35. The summed E-state index contributed by atoms with van der Waals surface area (Å²) >= 11 is 6.01. The lowest BCUT2D eigenvalue weighted by Gasteiger charge is -2.16. The van der Waals surface area contributed by atoms with Crippen LogP contribution in [0.25, 0.3) is 11.0 Å². The smallest absolute Gasteiger partial charge is 0.125 e. The largest absolute Gasteiger partial charge is 0.497 e. The number of nitrogens with zero attached hydrogens (tertiary/aromatic N) is 2. The van der Waals surface area contributed by atoms with Crippen LogP contribution in [0.5, 0.6) is 5.75 Å². The standard InChI is InChI=1S/C14H19ClN2O/c1-4-5-10(2)17-13-8-11(18-3)6-7-12(13)16-14(17)9-15/h6-8,10H,4-5,9H2,1-3H3. The molecule has 1 aromatic carbocycles. The van der Waals surface area contributed by atoms with E-state index in [2.05, 4.69) is 23.4 Å². The van der Waals surface area contributed by atoms with Crippen molar-refractivity contribution < 1.29 is 4.74 Å². The maximum atomic E-state index is 6.01. The fourth-order valence-corrected chi connectivity index (χ4v) is 2.57. The molecule has 0 aliphatic heterocycles. The van der Waals surface area contributed by atoms with E-state index in [1.807, 2.05) is 18.2 Å². The molecule has 18 heavy (non-hydrogen) atoms. The molecule has 0 N–H and O–H groups in total. The summed E-state index contributed by atoms with van der Waals surface area (Å²) in [6.45, 7) is 4.40. The maximum Gasteiger partial charge on any atom is 0.125 e. The molecule has 1 heterocycles. The van der Waals surface area contributed by atoms with Gasteiger partial charge < -0.3 is 9.30 Å². The summed E-state index contributed by atoms with van der Waals surface area (Å²) in [5, 5.41) is 0. The molecule has 3 nitrogen and oxygen atoms in total. The maximum absolute atomic E-state index is 6.01. The van der Waals surface area contributed by atoms with E-state index in [-0.39, 0.29) is 0 Å². The number of aromatic nitrogens is 2. The van der Waals surface area contributed by atoms with Crippen molar-refractivity contribution >= 4 is 22.6 Å². The van der Waals surface area contributed by atoms with Gasteiger partial charge in [-0.05, 0) is 25.5 Å². The summed E-state index contributed by atoms with van der Waals surface area (Å²) in [5.41, 5.74) is 2.08. The molecule has 2 aromatic rings. The Morgan fingerprint density at radius 3 is 2.83 bits per heavy atom. The van der Waals surface area contributed by atoms with Gasteiger partial charge in [0.2, 0.25) is 0 Å². The van der Waals surface area contributed by atoms with Crippen molar-refractivity contribution in [3.05, 3.63) is 24.0 Å².